The fourth-order valence-electron chi connectivity index (χ4n) is 1.97. The van der Waals surface area contributed by atoms with Crippen molar-refractivity contribution < 1.29 is 9.69 Å². The maximum atomic E-state index is 11.9. The molecule has 1 aromatic heterocycles. The van der Waals surface area contributed by atoms with Gasteiger partial charge in [0, 0.05) is 16.6 Å². The summed E-state index contributed by atoms with van der Waals surface area (Å²) in [4.78, 5) is 14.4. The van der Waals surface area contributed by atoms with E-state index in [-0.39, 0.29) is 5.91 Å². The molecule has 1 amide bonds. The molecule has 0 aliphatic heterocycles. The van der Waals surface area contributed by atoms with E-state index in [1.165, 1.54) is 4.88 Å². The lowest BCUT2D eigenvalue weighted by atomic mass is 10.2. The SMILES string of the molecule is C[NH+](CC(=O)NCc1ccc(Cl)cc1Cl)Cc1cccs1. The minimum Gasteiger partial charge on any atom is -0.347 e. The van der Waals surface area contributed by atoms with E-state index in [2.05, 4.69) is 11.4 Å². The highest BCUT2D eigenvalue weighted by Crippen LogP contribution is 2.20. The summed E-state index contributed by atoms with van der Waals surface area (Å²) in [5.41, 5.74) is 0.866. The quantitative estimate of drug-likeness (QED) is 0.829. The van der Waals surface area contributed by atoms with Crippen LogP contribution in [0.4, 0.5) is 0 Å². The van der Waals surface area contributed by atoms with Gasteiger partial charge < -0.3 is 10.2 Å². The molecular formula is C15H17Cl2N2OS+. The molecular weight excluding hydrogens is 327 g/mol. The van der Waals surface area contributed by atoms with Crippen molar-refractivity contribution in [1.82, 2.24) is 5.32 Å². The lowest BCUT2D eigenvalue weighted by Gasteiger charge is -2.13. The molecule has 0 aliphatic rings. The van der Waals surface area contributed by atoms with Crippen LogP contribution in [0.1, 0.15) is 10.4 Å². The van der Waals surface area contributed by atoms with Crippen molar-refractivity contribution >= 4 is 40.4 Å². The number of carbonyl (C=O) groups excluding carboxylic acids is 1. The van der Waals surface area contributed by atoms with Crippen LogP contribution in [0.25, 0.3) is 0 Å². The Morgan fingerprint density at radius 2 is 2.14 bits per heavy atom. The Balaban J connectivity index is 1.79. The zero-order valence-electron chi connectivity index (χ0n) is 11.7. The topological polar surface area (TPSA) is 33.5 Å². The molecule has 112 valence electrons. The predicted octanol–water partition coefficient (Wildman–Crippen LogP) is 2.39. The Morgan fingerprint density at radius 3 is 2.81 bits per heavy atom. The molecule has 0 bridgehead atoms. The normalized spacial score (nSPS) is 12.1. The standard InChI is InChI=1S/C15H16Cl2N2OS/c1-19(9-13-3-2-6-21-13)10-15(20)18-8-11-4-5-12(16)7-14(11)17/h2-7H,8-10H2,1H3,(H,18,20)/p+1. The molecule has 0 radical (unpaired) electrons. The molecule has 1 aromatic carbocycles. The number of hydrogen-bond acceptors (Lipinski definition) is 2. The smallest absolute Gasteiger partial charge is 0.275 e. The van der Waals surface area contributed by atoms with Gasteiger partial charge >= 0.3 is 0 Å². The second-order valence-electron chi connectivity index (χ2n) is 4.90. The lowest BCUT2D eigenvalue weighted by Crippen LogP contribution is -3.08. The molecule has 2 rings (SSSR count). The van der Waals surface area contributed by atoms with E-state index in [1.54, 1.807) is 23.5 Å². The van der Waals surface area contributed by atoms with E-state index in [0.717, 1.165) is 17.0 Å². The van der Waals surface area contributed by atoms with Gasteiger partial charge in [-0.05, 0) is 29.1 Å². The fourth-order valence-corrected chi connectivity index (χ4v) is 3.26. The molecule has 1 unspecified atom stereocenters. The van der Waals surface area contributed by atoms with Crippen LogP contribution < -0.4 is 10.2 Å². The van der Waals surface area contributed by atoms with Gasteiger partial charge in [-0.15, -0.1) is 11.3 Å². The number of nitrogens with one attached hydrogen (secondary N) is 2. The number of thiophene rings is 1. The number of carbonyl (C=O) groups is 1. The molecule has 6 heteroatoms. The zero-order chi connectivity index (χ0) is 15.2. The van der Waals surface area contributed by atoms with E-state index in [9.17, 15) is 4.79 Å². The zero-order valence-corrected chi connectivity index (χ0v) is 14.0. The van der Waals surface area contributed by atoms with Crippen LogP contribution in [0.3, 0.4) is 0 Å². The highest BCUT2D eigenvalue weighted by atomic mass is 35.5. The first-order valence-electron chi connectivity index (χ1n) is 6.59. The van der Waals surface area contributed by atoms with Crippen LogP contribution in [0.2, 0.25) is 10.0 Å². The van der Waals surface area contributed by atoms with Crippen LogP contribution in [0.15, 0.2) is 35.7 Å². The Morgan fingerprint density at radius 1 is 1.33 bits per heavy atom. The van der Waals surface area contributed by atoms with E-state index in [4.69, 9.17) is 23.2 Å². The molecule has 0 spiro atoms. The first kappa shape index (κ1) is 16.3. The second-order valence-corrected chi connectivity index (χ2v) is 6.78. The van der Waals surface area contributed by atoms with E-state index in [1.807, 2.05) is 24.6 Å². The number of likely N-dealkylation sites (N-methyl/N-ethyl adjacent to an activating group) is 1. The first-order valence-corrected chi connectivity index (χ1v) is 8.22. The van der Waals surface area contributed by atoms with E-state index < -0.39 is 0 Å². The van der Waals surface area contributed by atoms with Crippen LogP contribution >= 0.6 is 34.5 Å². The summed E-state index contributed by atoms with van der Waals surface area (Å²) in [5.74, 6) is 0.00933. The predicted molar refractivity (Wildman–Crippen MR) is 88.1 cm³/mol. The average Bonchev–Trinajstić information content (AvgIpc) is 2.90. The van der Waals surface area contributed by atoms with Crippen molar-refractivity contribution in [2.24, 2.45) is 0 Å². The van der Waals surface area contributed by atoms with Crippen molar-refractivity contribution in [1.29, 1.82) is 0 Å². The summed E-state index contributed by atoms with van der Waals surface area (Å²) in [6, 6.07) is 9.38. The molecule has 21 heavy (non-hydrogen) atoms. The van der Waals surface area contributed by atoms with E-state index in [0.29, 0.717) is 23.1 Å². The molecule has 2 N–H and O–H groups in total. The molecule has 0 fully saturated rings. The summed E-state index contributed by atoms with van der Waals surface area (Å²) in [5, 5.41) is 6.10. The molecule has 0 saturated carbocycles. The maximum absolute atomic E-state index is 11.9. The van der Waals surface area contributed by atoms with Gasteiger partial charge in [-0.25, -0.2) is 0 Å². The van der Waals surface area contributed by atoms with Crippen LogP contribution in [-0.2, 0) is 17.9 Å². The third-order valence-electron chi connectivity index (χ3n) is 3.01. The van der Waals surface area contributed by atoms with Gasteiger partial charge in [0.25, 0.3) is 5.91 Å². The van der Waals surface area contributed by atoms with Gasteiger partial charge in [0.2, 0.25) is 0 Å². The number of benzene rings is 1. The summed E-state index contributed by atoms with van der Waals surface area (Å²) >= 11 is 13.6. The largest absolute Gasteiger partial charge is 0.347 e. The number of hydrogen-bond donors (Lipinski definition) is 2. The molecule has 1 heterocycles. The minimum atomic E-state index is 0.00933. The number of amides is 1. The second kappa shape index (κ2) is 7.80. The highest BCUT2D eigenvalue weighted by Gasteiger charge is 2.11. The Hall–Kier alpha value is -1.07. The van der Waals surface area contributed by atoms with Crippen LogP contribution in [0.5, 0.6) is 0 Å². The third kappa shape index (κ3) is 5.32. The molecule has 0 aliphatic carbocycles. The Labute approximate surface area is 138 Å². The number of quaternary nitrogens is 1. The first-order chi connectivity index (χ1) is 10.0. The van der Waals surface area contributed by atoms with Gasteiger partial charge in [0.05, 0.1) is 11.9 Å². The molecule has 3 nitrogen and oxygen atoms in total. The van der Waals surface area contributed by atoms with Gasteiger partial charge in [-0.2, -0.15) is 0 Å². The Kier molecular flexibility index (Phi) is 6.06. The molecule has 2 aromatic rings. The monoisotopic (exact) mass is 343 g/mol. The summed E-state index contributed by atoms with van der Waals surface area (Å²) < 4.78 is 0. The van der Waals surface area contributed by atoms with Crippen molar-refractivity contribution in [2.75, 3.05) is 13.6 Å². The van der Waals surface area contributed by atoms with Gasteiger partial charge in [-0.1, -0.05) is 35.3 Å². The van der Waals surface area contributed by atoms with Crippen LogP contribution in [-0.4, -0.2) is 19.5 Å². The highest BCUT2D eigenvalue weighted by molar-refractivity contribution is 7.09. The van der Waals surface area contributed by atoms with Crippen molar-refractivity contribution in [3.63, 3.8) is 0 Å². The average molecular weight is 344 g/mol. The summed E-state index contributed by atoms with van der Waals surface area (Å²) in [6.45, 7) is 1.71. The number of rotatable bonds is 6. The number of halogens is 2. The lowest BCUT2D eigenvalue weighted by molar-refractivity contribution is -0.885. The van der Waals surface area contributed by atoms with Crippen molar-refractivity contribution in [2.45, 2.75) is 13.1 Å². The third-order valence-corrected chi connectivity index (χ3v) is 4.47. The van der Waals surface area contributed by atoms with Gasteiger partial charge in [0.15, 0.2) is 6.54 Å². The summed E-state index contributed by atoms with van der Waals surface area (Å²) in [7, 11) is 2.01. The molecule has 0 saturated heterocycles. The maximum Gasteiger partial charge on any atom is 0.275 e. The van der Waals surface area contributed by atoms with Gasteiger partial charge in [0.1, 0.15) is 6.54 Å². The van der Waals surface area contributed by atoms with Crippen molar-refractivity contribution in [3.05, 3.63) is 56.2 Å². The summed E-state index contributed by atoms with van der Waals surface area (Å²) in [6.07, 6.45) is 0. The fraction of sp³-hybridized carbons (Fsp3) is 0.267. The van der Waals surface area contributed by atoms with Crippen LogP contribution in [0, 0.1) is 0 Å². The molecule has 1 atom stereocenters. The Bertz CT molecular complexity index is 602. The van der Waals surface area contributed by atoms with Gasteiger partial charge in [-0.3, -0.25) is 4.79 Å². The van der Waals surface area contributed by atoms with Crippen molar-refractivity contribution in [3.8, 4) is 0 Å². The minimum absolute atomic E-state index is 0.00933. The van der Waals surface area contributed by atoms with E-state index >= 15 is 0 Å².